The molecule has 3 aromatic carbocycles. The highest BCUT2D eigenvalue weighted by molar-refractivity contribution is 9.10. The number of aliphatic hydroxyl groups excluding tert-OH is 2. The van der Waals surface area contributed by atoms with E-state index in [1.54, 1.807) is 0 Å². The lowest BCUT2D eigenvalue weighted by Gasteiger charge is -2.13. The third kappa shape index (κ3) is 6.36. The molecule has 0 saturated heterocycles. The summed E-state index contributed by atoms with van der Waals surface area (Å²) in [5.74, 6) is -0.720. The fourth-order valence-electron chi connectivity index (χ4n) is 3.85. The Morgan fingerprint density at radius 1 is 1.13 bits per heavy atom. The number of aromatic nitrogens is 3. The minimum absolute atomic E-state index is 0.0493. The zero-order valence-electron chi connectivity index (χ0n) is 20.3. The molecule has 9 nitrogen and oxygen atoms in total. The largest absolute Gasteiger partial charge is 0.394 e. The van der Waals surface area contributed by atoms with Crippen molar-refractivity contribution < 1.29 is 19.8 Å². The van der Waals surface area contributed by atoms with Crippen molar-refractivity contribution in [2.24, 2.45) is 0 Å². The van der Waals surface area contributed by atoms with Gasteiger partial charge in [0, 0.05) is 17.5 Å². The first-order valence-corrected chi connectivity index (χ1v) is 13.9. The van der Waals surface area contributed by atoms with Gasteiger partial charge in [0.2, 0.25) is 10.6 Å². The van der Waals surface area contributed by atoms with Crippen LogP contribution in [0.3, 0.4) is 0 Å². The number of amides is 2. The summed E-state index contributed by atoms with van der Waals surface area (Å²) in [6, 6.07) is 16.7. The maximum absolute atomic E-state index is 12.7. The molecule has 4 aromatic rings. The number of anilines is 1. The number of aliphatic hydroxyl groups is 2. The first-order chi connectivity index (χ1) is 18.3. The Hall–Kier alpha value is -2.96. The highest BCUT2D eigenvalue weighted by Crippen LogP contribution is 2.32. The molecule has 0 radical (unpaired) electrons. The van der Waals surface area contributed by atoms with Gasteiger partial charge in [-0.3, -0.25) is 14.2 Å². The molecule has 2 amide bonds. The van der Waals surface area contributed by atoms with Crippen LogP contribution in [0.2, 0.25) is 5.02 Å². The second-order valence-electron chi connectivity index (χ2n) is 8.31. The third-order valence-electron chi connectivity index (χ3n) is 5.75. The quantitative estimate of drug-likeness (QED) is 0.196. The standard InChI is InChI=1S/C26H25BrClN5O4S/c1-2-15-8-10-22(19-6-4-3-5-18(15)19)33-25(27)31-32-26(33)38-14-23(36)30-21-9-7-16(11-20(21)28)24(37)29-12-17(35)13-34/h3-11,17,34-35H,2,12-14H2,1H3,(H,29,37)(H,30,36). The molecule has 0 spiro atoms. The molecule has 12 heteroatoms. The van der Waals surface area contributed by atoms with Crippen molar-refractivity contribution in [3.8, 4) is 5.69 Å². The SMILES string of the molecule is CCc1ccc(-n2c(Br)nnc2SCC(=O)Nc2ccc(C(=O)NCC(O)CO)cc2Cl)c2ccccc12. The second-order valence-corrected chi connectivity index (χ2v) is 10.4. The molecule has 1 atom stereocenters. The smallest absolute Gasteiger partial charge is 0.251 e. The number of hydrogen-bond acceptors (Lipinski definition) is 7. The average molecular weight is 619 g/mol. The normalized spacial score (nSPS) is 11.9. The predicted octanol–water partition coefficient (Wildman–Crippen LogP) is 4.21. The fraction of sp³-hybridized carbons (Fsp3) is 0.231. The molecule has 4 rings (SSSR count). The molecule has 1 unspecified atom stereocenters. The van der Waals surface area contributed by atoms with Gasteiger partial charge in [-0.25, -0.2) is 0 Å². The molecular weight excluding hydrogens is 594 g/mol. The lowest BCUT2D eigenvalue weighted by Crippen LogP contribution is -2.33. The molecule has 0 aliphatic rings. The van der Waals surface area contributed by atoms with Crippen LogP contribution in [0.5, 0.6) is 0 Å². The zero-order chi connectivity index (χ0) is 27.2. The number of halogens is 2. The summed E-state index contributed by atoms with van der Waals surface area (Å²) in [4.78, 5) is 24.9. The zero-order valence-corrected chi connectivity index (χ0v) is 23.5. The number of thioether (sulfide) groups is 1. The van der Waals surface area contributed by atoms with Gasteiger partial charge in [-0.2, -0.15) is 0 Å². The number of fused-ring (bicyclic) bond motifs is 1. The van der Waals surface area contributed by atoms with Crippen LogP contribution in [0, 0.1) is 0 Å². The molecule has 1 aromatic heterocycles. The number of benzene rings is 3. The van der Waals surface area contributed by atoms with E-state index in [2.05, 4.69) is 61.9 Å². The number of carbonyl (C=O) groups excluding carboxylic acids is 2. The van der Waals surface area contributed by atoms with E-state index in [1.807, 2.05) is 22.8 Å². The van der Waals surface area contributed by atoms with E-state index in [-0.39, 0.29) is 28.8 Å². The first-order valence-electron chi connectivity index (χ1n) is 11.7. The van der Waals surface area contributed by atoms with Gasteiger partial charge in [-0.05, 0) is 57.6 Å². The number of nitrogens with one attached hydrogen (secondary N) is 2. The Bertz CT molecular complexity index is 1480. The van der Waals surface area contributed by atoms with E-state index in [0.29, 0.717) is 15.6 Å². The van der Waals surface area contributed by atoms with E-state index in [9.17, 15) is 14.7 Å². The molecule has 0 bridgehead atoms. The maximum atomic E-state index is 12.7. The van der Waals surface area contributed by atoms with Crippen molar-refractivity contribution in [1.82, 2.24) is 20.1 Å². The average Bonchev–Trinajstić information content (AvgIpc) is 3.30. The molecule has 198 valence electrons. The number of hydrogen-bond donors (Lipinski definition) is 4. The monoisotopic (exact) mass is 617 g/mol. The summed E-state index contributed by atoms with van der Waals surface area (Å²) in [7, 11) is 0. The predicted molar refractivity (Wildman–Crippen MR) is 152 cm³/mol. The van der Waals surface area contributed by atoms with E-state index in [4.69, 9.17) is 16.7 Å². The third-order valence-corrected chi connectivity index (χ3v) is 7.51. The van der Waals surface area contributed by atoms with Crippen LogP contribution in [-0.4, -0.2) is 61.8 Å². The van der Waals surface area contributed by atoms with E-state index in [0.717, 1.165) is 22.9 Å². The molecule has 0 aliphatic carbocycles. The molecule has 4 N–H and O–H groups in total. The number of nitrogens with zero attached hydrogens (tertiary/aromatic N) is 3. The van der Waals surface area contributed by atoms with E-state index in [1.165, 1.54) is 35.5 Å². The van der Waals surface area contributed by atoms with Gasteiger partial charge in [-0.15, -0.1) is 10.2 Å². The summed E-state index contributed by atoms with van der Waals surface area (Å²) in [6.07, 6.45) is -0.140. The van der Waals surface area contributed by atoms with Crippen LogP contribution >= 0.6 is 39.3 Å². The van der Waals surface area contributed by atoms with Crippen molar-refractivity contribution >= 4 is 67.6 Å². The molecular formula is C26H25BrClN5O4S. The minimum atomic E-state index is -1.05. The van der Waals surface area contributed by atoms with Crippen LogP contribution < -0.4 is 10.6 Å². The Morgan fingerprint density at radius 2 is 1.89 bits per heavy atom. The second kappa shape index (κ2) is 12.7. The molecule has 1 heterocycles. The van der Waals surface area contributed by atoms with Gasteiger partial charge in [-0.1, -0.05) is 60.6 Å². The minimum Gasteiger partial charge on any atom is -0.394 e. The maximum Gasteiger partial charge on any atom is 0.251 e. The highest BCUT2D eigenvalue weighted by Gasteiger charge is 2.18. The Balaban J connectivity index is 1.45. The highest BCUT2D eigenvalue weighted by atomic mass is 79.9. The van der Waals surface area contributed by atoms with Crippen molar-refractivity contribution in [1.29, 1.82) is 0 Å². The Kier molecular flexibility index (Phi) is 9.40. The van der Waals surface area contributed by atoms with Gasteiger partial charge >= 0.3 is 0 Å². The lowest BCUT2D eigenvalue weighted by atomic mass is 10.0. The number of aryl methyl sites for hydroxylation is 1. The molecule has 0 saturated carbocycles. The topological polar surface area (TPSA) is 129 Å². The van der Waals surface area contributed by atoms with Crippen LogP contribution in [0.1, 0.15) is 22.8 Å². The van der Waals surface area contributed by atoms with Crippen LogP contribution in [0.15, 0.2) is 64.5 Å². The number of carbonyl (C=O) groups is 2. The van der Waals surface area contributed by atoms with Crippen LogP contribution in [-0.2, 0) is 11.2 Å². The summed E-state index contributed by atoms with van der Waals surface area (Å²) < 4.78 is 2.40. The van der Waals surface area contributed by atoms with Gasteiger partial charge in [0.15, 0.2) is 5.16 Å². The fourth-order valence-corrected chi connectivity index (χ4v) is 5.38. The lowest BCUT2D eigenvalue weighted by molar-refractivity contribution is -0.113. The van der Waals surface area contributed by atoms with Crippen LogP contribution in [0.25, 0.3) is 16.5 Å². The molecule has 0 aliphatic heterocycles. The van der Waals surface area contributed by atoms with Gasteiger partial charge in [0.05, 0.1) is 34.9 Å². The first kappa shape index (κ1) is 28.1. The Morgan fingerprint density at radius 3 is 2.61 bits per heavy atom. The summed E-state index contributed by atoms with van der Waals surface area (Å²) in [5.41, 5.74) is 2.76. The van der Waals surface area contributed by atoms with Gasteiger partial charge in [0.25, 0.3) is 5.91 Å². The van der Waals surface area contributed by atoms with Crippen molar-refractivity contribution in [3.63, 3.8) is 0 Å². The Labute approximate surface area is 236 Å². The van der Waals surface area contributed by atoms with Crippen molar-refractivity contribution in [3.05, 3.63) is 75.5 Å². The summed E-state index contributed by atoms with van der Waals surface area (Å²) >= 11 is 11.0. The molecule has 0 fully saturated rings. The van der Waals surface area contributed by atoms with Gasteiger partial charge in [0.1, 0.15) is 0 Å². The van der Waals surface area contributed by atoms with Crippen LogP contribution in [0.4, 0.5) is 5.69 Å². The van der Waals surface area contributed by atoms with E-state index >= 15 is 0 Å². The summed E-state index contributed by atoms with van der Waals surface area (Å²) in [5, 5.41) is 34.8. The van der Waals surface area contributed by atoms with Crippen molar-refractivity contribution in [2.75, 3.05) is 24.2 Å². The van der Waals surface area contributed by atoms with E-state index < -0.39 is 18.6 Å². The number of rotatable bonds is 10. The molecule has 38 heavy (non-hydrogen) atoms. The summed E-state index contributed by atoms with van der Waals surface area (Å²) in [6.45, 7) is 1.57. The van der Waals surface area contributed by atoms with Gasteiger partial charge < -0.3 is 20.8 Å². The van der Waals surface area contributed by atoms with Crippen molar-refractivity contribution in [2.45, 2.75) is 24.6 Å².